The SMILES string of the molecule is COc1cc2c(cc1OC)-c1c(O)c(OC)cc3c1[C@H](C2)N(C=O)CC3. The van der Waals surface area contributed by atoms with Crippen LogP contribution in [0.5, 0.6) is 23.0 Å². The molecule has 1 aliphatic heterocycles. The number of benzene rings is 2. The number of methoxy groups -OCH3 is 3. The zero-order valence-electron chi connectivity index (χ0n) is 15.0. The highest BCUT2D eigenvalue weighted by molar-refractivity contribution is 5.85. The van der Waals surface area contributed by atoms with Crippen LogP contribution in [0.15, 0.2) is 18.2 Å². The molecule has 2 aromatic carbocycles. The Morgan fingerprint density at radius 2 is 1.69 bits per heavy atom. The lowest BCUT2D eigenvalue weighted by molar-refractivity contribution is -0.120. The Kier molecular flexibility index (Phi) is 3.90. The van der Waals surface area contributed by atoms with Gasteiger partial charge in [-0.25, -0.2) is 0 Å². The minimum absolute atomic E-state index is 0.0946. The van der Waals surface area contributed by atoms with Crippen molar-refractivity contribution in [3.63, 3.8) is 0 Å². The van der Waals surface area contributed by atoms with Gasteiger partial charge in [0.15, 0.2) is 23.0 Å². The number of phenolic OH excluding ortho intramolecular Hbond substituents is 1. The predicted octanol–water partition coefficient (Wildman–Crippen LogP) is 2.70. The molecule has 0 bridgehead atoms. The smallest absolute Gasteiger partial charge is 0.210 e. The highest BCUT2D eigenvalue weighted by Crippen LogP contribution is 2.53. The van der Waals surface area contributed by atoms with Crippen LogP contribution in [0.2, 0.25) is 0 Å². The number of hydrogen-bond donors (Lipinski definition) is 1. The number of ether oxygens (including phenoxy) is 3. The number of carbonyl (C=O) groups excluding carboxylic acids is 1. The van der Waals surface area contributed by atoms with Crippen LogP contribution < -0.4 is 14.2 Å². The van der Waals surface area contributed by atoms with Gasteiger partial charge in [0.05, 0.1) is 27.4 Å². The summed E-state index contributed by atoms with van der Waals surface area (Å²) in [5.41, 5.74) is 4.72. The van der Waals surface area contributed by atoms with E-state index in [1.165, 1.54) is 0 Å². The van der Waals surface area contributed by atoms with Crippen molar-refractivity contribution in [2.45, 2.75) is 18.9 Å². The summed E-state index contributed by atoms with van der Waals surface area (Å²) in [5.74, 6) is 1.77. The van der Waals surface area contributed by atoms with Crippen LogP contribution in [0.25, 0.3) is 11.1 Å². The number of phenols is 1. The summed E-state index contributed by atoms with van der Waals surface area (Å²) >= 11 is 0. The zero-order valence-corrected chi connectivity index (χ0v) is 15.0. The summed E-state index contributed by atoms with van der Waals surface area (Å²) in [6, 6.07) is 5.59. The molecule has 1 heterocycles. The third kappa shape index (κ3) is 2.21. The summed E-state index contributed by atoms with van der Waals surface area (Å²) in [5, 5.41) is 10.9. The van der Waals surface area contributed by atoms with Crippen molar-refractivity contribution in [3.8, 4) is 34.1 Å². The maximum absolute atomic E-state index is 11.6. The molecule has 0 saturated heterocycles. The standard InChI is InChI=1S/C20H21NO5/c1-24-15-8-12-6-14-18-11(4-5-21(14)10-22)7-17(26-3)20(23)19(18)13(12)9-16(15)25-2/h7-10,14,23H,4-6H2,1-3H3/t14-/m0/s1. The summed E-state index contributed by atoms with van der Waals surface area (Å²) < 4.78 is 16.3. The van der Waals surface area contributed by atoms with Crippen LogP contribution in [-0.2, 0) is 17.6 Å². The van der Waals surface area contributed by atoms with Crippen LogP contribution in [0.4, 0.5) is 0 Å². The molecule has 0 saturated carbocycles. The van der Waals surface area contributed by atoms with Crippen LogP contribution in [0.1, 0.15) is 22.7 Å². The number of aromatic hydroxyl groups is 1. The Labute approximate surface area is 151 Å². The molecule has 4 rings (SSSR count). The summed E-state index contributed by atoms with van der Waals surface area (Å²) in [4.78, 5) is 13.4. The quantitative estimate of drug-likeness (QED) is 0.854. The van der Waals surface area contributed by atoms with Gasteiger partial charge in [-0.05, 0) is 53.3 Å². The molecule has 1 atom stereocenters. The maximum atomic E-state index is 11.6. The monoisotopic (exact) mass is 355 g/mol. The Morgan fingerprint density at radius 3 is 2.35 bits per heavy atom. The Bertz CT molecular complexity index is 893. The molecule has 6 heteroatoms. The van der Waals surface area contributed by atoms with Gasteiger partial charge in [0.25, 0.3) is 0 Å². The van der Waals surface area contributed by atoms with Crippen LogP contribution in [0, 0.1) is 0 Å². The van der Waals surface area contributed by atoms with Gasteiger partial charge in [0.1, 0.15) is 0 Å². The number of rotatable bonds is 4. The number of fused-ring (bicyclic) bond motifs is 2. The highest BCUT2D eigenvalue weighted by atomic mass is 16.5. The summed E-state index contributed by atoms with van der Waals surface area (Å²) in [6.07, 6.45) is 2.29. The molecule has 0 aromatic heterocycles. The largest absolute Gasteiger partial charge is 0.504 e. The molecule has 0 fully saturated rings. The second kappa shape index (κ2) is 6.12. The molecule has 26 heavy (non-hydrogen) atoms. The van der Waals surface area contributed by atoms with E-state index >= 15 is 0 Å². The van der Waals surface area contributed by atoms with Crippen molar-refractivity contribution < 1.29 is 24.1 Å². The van der Waals surface area contributed by atoms with Gasteiger partial charge in [0, 0.05) is 12.1 Å². The normalized spacial score (nSPS) is 17.2. The topological polar surface area (TPSA) is 68.2 Å². The third-order valence-corrected chi connectivity index (χ3v) is 5.41. The van der Waals surface area contributed by atoms with Crippen molar-refractivity contribution in [3.05, 3.63) is 34.9 Å². The number of nitrogens with zero attached hydrogens (tertiary/aromatic N) is 1. The number of amides is 1. The molecule has 6 nitrogen and oxygen atoms in total. The molecule has 1 N–H and O–H groups in total. The maximum Gasteiger partial charge on any atom is 0.210 e. The van der Waals surface area contributed by atoms with Crippen LogP contribution >= 0.6 is 0 Å². The van der Waals surface area contributed by atoms with E-state index in [1.807, 2.05) is 18.2 Å². The van der Waals surface area contributed by atoms with E-state index in [0.717, 1.165) is 40.6 Å². The first kappa shape index (κ1) is 16.6. The minimum atomic E-state index is -0.103. The van der Waals surface area contributed by atoms with Gasteiger partial charge < -0.3 is 24.2 Å². The molecule has 1 aliphatic carbocycles. The summed E-state index contributed by atoms with van der Waals surface area (Å²) in [6.45, 7) is 0.650. The van der Waals surface area contributed by atoms with Gasteiger partial charge >= 0.3 is 0 Å². The lowest BCUT2D eigenvalue weighted by Gasteiger charge is -2.40. The average molecular weight is 355 g/mol. The Hall–Kier alpha value is -2.89. The first-order chi connectivity index (χ1) is 12.6. The molecule has 0 spiro atoms. The lowest BCUT2D eigenvalue weighted by atomic mass is 9.76. The van der Waals surface area contributed by atoms with Crippen molar-refractivity contribution in [2.75, 3.05) is 27.9 Å². The third-order valence-electron chi connectivity index (χ3n) is 5.41. The number of carbonyl (C=O) groups is 1. The number of hydrogen-bond acceptors (Lipinski definition) is 5. The molecule has 2 aromatic rings. The van der Waals surface area contributed by atoms with Crippen LogP contribution in [0.3, 0.4) is 0 Å². The second-order valence-electron chi connectivity index (χ2n) is 6.55. The van der Waals surface area contributed by atoms with Crippen molar-refractivity contribution in [1.82, 2.24) is 4.90 Å². The van der Waals surface area contributed by atoms with Crippen molar-refractivity contribution >= 4 is 6.41 Å². The van der Waals surface area contributed by atoms with Gasteiger partial charge in [-0.15, -0.1) is 0 Å². The first-order valence-electron chi connectivity index (χ1n) is 8.52. The first-order valence-corrected chi connectivity index (χ1v) is 8.52. The van der Waals surface area contributed by atoms with Gasteiger partial charge in [-0.2, -0.15) is 0 Å². The van der Waals surface area contributed by atoms with E-state index < -0.39 is 0 Å². The molecule has 1 amide bonds. The van der Waals surface area contributed by atoms with Gasteiger partial charge in [0.2, 0.25) is 6.41 Å². The van der Waals surface area contributed by atoms with E-state index in [2.05, 4.69) is 0 Å². The van der Waals surface area contributed by atoms with Crippen molar-refractivity contribution in [1.29, 1.82) is 0 Å². The molecule has 0 radical (unpaired) electrons. The van der Waals surface area contributed by atoms with E-state index in [9.17, 15) is 9.90 Å². The molecule has 136 valence electrons. The molecular formula is C20H21NO5. The highest BCUT2D eigenvalue weighted by Gasteiger charge is 2.37. The Balaban J connectivity index is 2.04. The predicted molar refractivity (Wildman–Crippen MR) is 96.1 cm³/mol. The molecule has 2 aliphatic rings. The van der Waals surface area contributed by atoms with E-state index in [4.69, 9.17) is 14.2 Å². The summed E-state index contributed by atoms with van der Waals surface area (Å²) in [7, 11) is 4.73. The van der Waals surface area contributed by atoms with Crippen molar-refractivity contribution in [2.24, 2.45) is 0 Å². The molecular weight excluding hydrogens is 334 g/mol. The minimum Gasteiger partial charge on any atom is -0.504 e. The van der Waals surface area contributed by atoms with E-state index in [0.29, 0.717) is 30.2 Å². The fourth-order valence-electron chi connectivity index (χ4n) is 4.18. The average Bonchev–Trinajstić information content (AvgIpc) is 2.68. The van der Waals surface area contributed by atoms with E-state index in [-0.39, 0.29) is 11.8 Å². The molecule has 0 unspecified atom stereocenters. The van der Waals surface area contributed by atoms with E-state index in [1.54, 1.807) is 26.2 Å². The Morgan fingerprint density at radius 1 is 1.04 bits per heavy atom. The second-order valence-corrected chi connectivity index (χ2v) is 6.55. The fraction of sp³-hybridized carbons (Fsp3) is 0.350. The lowest BCUT2D eigenvalue weighted by Crippen LogP contribution is -2.37. The van der Waals surface area contributed by atoms with Crippen LogP contribution in [-0.4, -0.2) is 44.3 Å². The van der Waals surface area contributed by atoms with Gasteiger partial charge in [-0.3, -0.25) is 4.79 Å². The van der Waals surface area contributed by atoms with Gasteiger partial charge in [-0.1, -0.05) is 0 Å². The fourth-order valence-corrected chi connectivity index (χ4v) is 4.18. The zero-order chi connectivity index (χ0) is 18.4.